The number of carbonyl (C=O) groups excluding carboxylic acids is 1. The zero-order valence-electron chi connectivity index (χ0n) is 23.3. The van der Waals surface area contributed by atoms with Gasteiger partial charge < -0.3 is 19.5 Å². The van der Waals surface area contributed by atoms with Gasteiger partial charge in [0.2, 0.25) is 0 Å². The number of rotatable bonds is 7. The molecule has 1 unspecified atom stereocenters. The largest absolute Gasteiger partial charge is 0.495 e. The zero-order valence-corrected chi connectivity index (χ0v) is 23.3. The highest BCUT2D eigenvalue weighted by atomic mass is 19.1. The molecule has 1 aliphatic heterocycles. The van der Waals surface area contributed by atoms with Crippen LogP contribution >= 0.6 is 0 Å². The summed E-state index contributed by atoms with van der Waals surface area (Å²) in [6.07, 6.45) is 14.5. The standard InChI is InChI=1S/C30H36FN5O3/c1-7-39-34-28-25(16-22-14-15-26(27(17-22)38-6)35-18-20(2)32-19-35)30(4,5)33-29(37)36(28)21(3)23-10-8-12-24(31)13-9-11-23/h8-10,12-19,21,23H,7,11H2,1-6H3,(H,33,37)/b10-8+,13-9-,24-12+,25-16-,34-28+/t21-,23?/m1/s1. The first-order chi connectivity index (χ1) is 18.6. The Kier molecular flexibility index (Phi) is 8.38. The fourth-order valence-corrected chi connectivity index (χ4v) is 4.77. The van der Waals surface area contributed by atoms with Gasteiger partial charge in [0.05, 0.1) is 30.4 Å². The summed E-state index contributed by atoms with van der Waals surface area (Å²) in [6.45, 7) is 9.97. The Morgan fingerprint density at radius 1 is 1.36 bits per heavy atom. The van der Waals surface area contributed by atoms with Crippen LogP contribution in [0, 0.1) is 12.8 Å². The van der Waals surface area contributed by atoms with E-state index in [1.165, 1.54) is 12.2 Å². The number of methoxy groups -OCH3 is 1. The van der Waals surface area contributed by atoms with Crippen molar-refractivity contribution in [2.75, 3.05) is 13.7 Å². The van der Waals surface area contributed by atoms with Crippen LogP contribution in [0.15, 0.2) is 77.7 Å². The number of ether oxygens (including phenoxy) is 1. The minimum absolute atomic E-state index is 0.0661. The molecule has 2 atom stereocenters. The summed E-state index contributed by atoms with van der Waals surface area (Å²) in [6, 6.07) is 5.34. The number of halogens is 1. The van der Waals surface area contributed by atoms with Crippen molar-refractivity contribution in [1.82, 2.24) is 19.8 Å². The lowest BCUT2D eigenvalue weighted by molar-refractivity contribution is 0.144. The Balaban J connectivity index is 1.77. The van der Waals surface area contributed by atoms with Crippen molar-refractivity contribution in [1.29, 1.82) is 0 Å². The molecular weight excluding hydrogens is 497 g/mol. The highest BCUT2D eigenvalue weighted by Crippen LogP contribution is 2.33. The molecule has 1 aliphatic carbocycles. The lowest BCUT2D eigenvalue weighted by Crippen LogP contribution is -2.64. The number of oxime groups is 1. The molecule has 0 bridgehead atoms. The number of benzene rings is 1. The number of aryl methyl sites for hydroxylation is 1. The van der Waals surface area contributed by atoms with Crippen LogP contribution in [0.4, 0.5) is 9.18 Å². The van der Waals surface area contributed by atoms with Crippen LogP contribution in [0.1, 0.15) is 45.4 Å². The van der Waals surface area contributed by atoms with Gasteiger partial charge in [-0.2, -0.15) is 0 Å². The molecule has 9 heteroatoms. The van der Waals surface area contributed by atoms with Crippen LogP contribution in [-0.4, -0.2) is 51.6 Å². The third-order valence-electron chi connectivity index (χ3n) is 6.89. The predicted octanol–water partition coefficient (Wildman–Crippen LogP) is 6.10. The molecule has 2 heterocycles. The Morgan fingerprint density at radius 2 is 2.15 bits per heavy atom. The maximum Gasteiger partial charge on any atom is 0.324 e. The fourth-order valence-electron chi connectivity index (χ4n) is 4.77. The minimum Gasteiger partial charge on any atom is -0.495 e. The fraction of sp³-hybridized carbons (Fsp3) is 0.367. The maximum absolute atomic E-state index is 13.7. The molecule has 39 heavy (non-hydrogen) atoms. The molecule has 1 N–H and O–H groups in total. The molecule has 1 fully saturated rings. The number of nitrogens with one attached hydrogen (secondary N) is 1. The van der Waals surface area contributed by atoms with Crippen LogP contribution in [0.2, 0.25) is 0 Å². The smallest absolute Gasteiger partial charge is 0.324 e. The number of amides is 2. The van der Waals surface area contributed by atoms with Crippen molar-refractivity contribution in [3.63, 3.8) is 0 Å². The van der Waals surface area contributed by atoms with E-state index in [9.17, 15) is 9.18 Å². The normalized spacial score (nSPS) is 24.8. The van der Waals surface area contributed by atoms with E-state index in [-0.39, 0.29) is 23.8 Å². The second-order valence-corrected chi connectivity index (χ2v) is 10.1. The number of amidine groups is 1. The van der Waals surface area contributed by atoms with Gasteiger partial charge in [-0.1, -0.05) is 29.5 Å². The van der Waals surface area contributed by atoms with Gasteiger partial charge >= 0.3 is 6.03 Å². The van der Waals surface area contributed by atoms with Crippen molar-refractivity contribution in [2.24, 2.45) is 11.1 Å². The summed E-state index contributed by atoms with van der Waals surface area (Å²) >= 11 is 0. The summed E-state index contributed by atoms with van der Waals surface area (Å²) in [7, 11) is 1.63. The van der Waals surface area contributed by atoms with Crippen molar-refractivity contribution in [3.8, 4) is 11.4 Å². The summed E-state index contributed by atoms with van der Waals surface area (Å²) in [4.78, 5) is 25.0. The first-order valence-electron chi connectivity index (χ1n) is 13.1. The topological polar surface area (TPSA) is 81.0 Å². The Bertz CT molecular complexity index is 1370. The monoisotopic (exact) mass is 533 g/mol. The molecular formula is C30H36FN5O3. The second-order valence-electron chi connectivity index (χ2n) is 10.1. The first kappa shape index (κ1) is 27.9. The number of aromatic nitrogens is 2. The van der Waals surface area contributed by atoms with Crippen LogP contribution in [-0.2, 0) is 4.84 Å². The minimum atomic E-state index is -0.737. The number of hydrogen-bond donors (Lipinski definition) is 1. The van der Waals surface area contributed by atoms with Crippen LogP contribution in [0.5, 0.6) is 5.75 Å². The van der Waals surface area contributed by atoms with Crippen molar-refractivity contribution >= 4 is 17.9 Å². The summed E-state index contributed by atoms with van der Waals surface area (Å²) in [5.41, 5.74) is 2.69. The van der Waals surface area contributed by atoms with E-state index >= 15 is 0 Å². The molecule has 1 aromatic heterocycles. The van der Waals surface area contributed by atoms with Crippen LogP contribution in [0.25, 0.3) is 11.8 Å². The Morgan fingerprint density at radius 3 is 2.85 bits per heavy atom. The highest BCUT2D eigenvalue weighted by molar-refractivity contribution is 6.14. The molecule has 0 spiro atoms. The van der Waals surface area contributed by atoms with E-state index in [0.717, 1.165) is 22.5 Å². The quantitative estimate of drug-likeness (QED) is 0.436. The van der Waals surface area contributed by atoms with E-state index in [1.807, 2.05) is 75.7 Å². The number of nitrogens with zero attached hydrogens (tertiary/aromatic N) is 4. The molecule has 206 valence electrons. The number of urea groups is 1. The number of hydrogen-bond acceptors (Lipinski definition) is 5. The van der Waals surface area contributed by atoms with Crippen molar-refractivity contribution in [2.45, 2.75) is 52.6 Å². The molecule has 1 aromatic carbocycles. The second kappa shape index (κ2) is 11.7. The van der Waals surface area contributed by atoms with Gasteiger partial charge in [-0.25, -0.2) is 14.2 Å². The number of allylic oxidation sites excluding steroid dienone is 5. The van der Waals surface area contributed by atoms with E-state index in [0.29, 0.717) is 24.6 Å². The van der Waals surface area contributed by atoms with E-state index in [1.54, 1.807) is 30.5 Å². The van der Waals surface area contributed by atoms with Gasteiger partial charge in [-0.15, -0.1) is 0 Å². The van der Waals surface area contributed by atoms with Gasteiger partial charge in [0.15, 0.2) is 5.84 Å². The number of carbonyl (C=O) groups is 1. The zero-order chi connectivity index (χ0) is 28.2. The third kappa shape index (κ3) is 6.13. The predicted molar refractivity (Wildman–Crippen MR) is 151 cm³/mol. The Labute approximate surface area is 229 Å². The third-order valence-corrected chi connectivity index (χ3v) is 6.89. The molecule has 2 aliphatic rings. The van der Waals surface area contributed by atoms with E-state index in [2.05, 4.69) is 15.5 Å². The summed E-state index contributed by atoms with van der Waals surface area (Å²) in [5.74, 6) is 0.749. The summed E-state index contributed by atoms with van der Waals surface area (Å²) < 4.78 is 21.3. The molecule has 8 nitrogen and oxygen atoms in total. The van der Waals surface area contributed by atoms with Crippen LogP contribution in [0.3, 0.4) is 0 Å². The number of imidazole rings is 1. The van der Waals surface area contributed by atoms with Gasteiger partial charge in [0, 0.05) is 23.7 Å². The van der Waals surface area contributed by atoms with Gasteiger partial charge in [0.1, 0.15) is 18.2 Å². The highest BCUT2D eigenvalue weighted by Gasteiger charge is 2.43. The van der Waals surface area contributed by atoms with Crippen molar-refractivity contribution < 1.29 is 18.8 Å². The average molecular weight is 534 g/mol. The Hall–Kier alpha value is -4.14. The van der Waals surface area contributed by atoms with Gasteiger partial charge in [-0.05, 0) is 77.0 Å². The SMILES string of the molecule is CCO/N=C1\C(=C\c2ccc(-n3cnc(C)c3)c(OC)c2)C(C)(C)NC(=O)N1[C@H](C)C1/C=C/C=C(F)\C=C/C1. The van der Waals surface area contributed by atoms with Crippen LogP contribution < -0.4 is 10.1 Å². The maximum atomic E-state index is 13.7. The molecule has 2 amide bonds. The van der Waals surface area contributed by atoms with Crippen molar-refractivity contribution in [3.05, 3.63) is 83.8 Å². The summed E-state index contributed by atoms with van der Waals surface area (Å²) in [5, 5.41) is 7.57. The van der Waals surface area contributed by atoms with Gasteiger partial charge in [-0.3, -0.25) is 4.90 Å². The molecule has 2 aromatic rings. The lowest BCUT2D eigenvalue weighted by atomic mass is 9.86. The lowest BCUT2D eigenvalue weighted by Gasteiger charge is -2.44. The van der Waals surface area contributed by atoms with Gasteiger partial charge in [0.25, 0.3) is 0 Å². The molecule has 0 saturated carbocycles. The van der Waals surface area contributed by atoms with E-state index < -0.39 is 5.54 Å². The average Bonchev–Trinajstić information content (AvgIpc) is 3.31. The van der Waals surface area contributed by atoms with E-state index in [4.69, 9.17) is 9.57 Å². The first-order valence-corrected chi connectivity index (χ1v) is 13.1. The molecule has 4 rings (SSSR count). The molecule has 1 saturated heterocycles. The molecule has 0 radical (unpaired) electrons.